The van der Waals surface area contributed by atoms with Crippen LogP contribution in [0.3, 0.4) is 0 Å². The van der Waals surface area contributed by atoms with Crippen molar-refractivity contribution in [1.82, 2.24) is 10.2 Å². The molecule has 1 atom stereocenters. The molecule has 0 aliphatic heterocycles. The van der Waals surface area contributed by atoms with Crippen LogP contribution in [-0.2, 0) is 17.8 Å². The molecule has 0 aromatic heterocycles. The van der Waals surface area contributed by atoms with Crippen molar-refractivity contribution in [3.63, 3.8) is 0 Å². The molecule has 0 heterocycles. The number of aliphatic imine (C=N–C) groups is 1. The normalized spacial score (nSPS) is 12.2. The summed E-state index contributed by atoms with van der Waals surface area (Å²) in [5, 5.41) is 3.24. The van der Waals surface area contributed by atoms with E-state index in [2.05, 4.69) is 10.3 Å². The van der Waals surface area contributed by atoms with Crippen LogP contribution >= 0.6 is 0 Å². The average molecular weight is 431 g/mol. The third-order valence-corrected chi connectivity index (χ3v) is 4.86. The number of hydrogen-bond donors (Lipinski definition) is 2. The van der Waals surface area contributed by atoms with E-state index in [4.69, 9.17) is 15.2 Å². The van der Waals surface area contributed by atoms with Gasteiger partial charge >= 0.3 is 0 Å². The molecule has 1 amide bonds. The first-order chi connectivity index (χ1) is 14.9. The maximum Gasteiger partial charge on any atom is 0.222 e. The summed E-state index contributed by atoms with van der Waals surface area (Å²) in [6.07, 6.45) is 0.397. The van der Waals surface area contributed by atoms with E-state index < -0.39 is 11.8 Å². The first kappa shape index (κ1) is 24.0. The number of benzene rings is 2. The highest BCUT2D eigenvalue weighted by atomic mass is 19.1. The Bertz CT molecular complexity index is 887. The monoisotopic (exact) mass is 430 g/mol. The molecular weight excluding hydrogens is 399 g/mol. The van der Waals surface area contributed by atoms with Crippen LogP contribution in [0, 0.1) is 11.7 Å². The topological polar surface area (TPSA) is 89.2 Å². The maximum absolute atomic E-state index is 13.1. The van der Waals surface area contributed by atoms with Crippen LogP contribution in [0.2, 0.25) is 0 Å². The summed E-state index contributed by atoms with van der Waals surface area (Å²) < 4.78 is 23.9. The van der Waals surface area contributed by atoms with Gasteiger partial charge in [0.25, 0.3) is 0 Å². The number of halogens is 1. The van der Waals surface area contributed by atoms with Crippen molar-refractivity contribution in [2.24, 2.45) is 16.6 Å². The Morgan fingerprint density at radius 2 is 1.90 bits per heavy atom. The number of amides is 1. The quantitative estimate of drug-likeness (QED) is 0.447. The third kappa shape index (κ3) is 7.16. The van der Waals surface area contributed by atoms with Crippen molar-refractivity contribution in [2.75, 3.05) is 34.4 Å². The van der Waals surface area contributed by atoms with Crippen LogP contribution < -0.4 is 20.5 Å². The molecule has 0 radical (unpaired) electrons. The van der Waals surface area contributed by atoms with Gasteiger partial charge in [0, 0.05) is 31.8 Å². The standard InChI is InChI=1S/C23H31FN4O3/c1-5-26-23(28(2)15-17-8-11-20(30-3)13-21(17)31-4)27-14-18(22(25)29)12-16-6-9-19(24)10-7-16/h6-11,13,18H,5,12,14-15H2,1-4H3,(H2,25,29)(H,26,27). The zero-order chi connectivity index (χ0) is 22.8. The zero-order valence-corrected chi connectivity index (χ0v) is 18.5. The molecule has 2 aromatic carbocycles. The molecule has 0 saturated carbocycles. The molecule has 0 aliphatic rings. The summed E-state index contributed by atoms with van der Waals surface area (Å²) in [4.78, 5) is 18.5. The molecule has 3 N–H and O–H groups in total. The van der Waals surface area contributed by atoms with E-state index >= 15 is 0 Å². The molecule has 31 heavy (non-hydrogen) atoms. The lowest BCUT2D eigenvalue weighted by molar-refractivity contribution is -0.121. The maximum atomic E-state index is 13.1. The molecule has 168 valence electrons. The summed E-state index contributed by atoms with van der Waals surface area (Å²) in [6, 6.07) is 11.7. The van der Waals surface area contributed by atoms with Gasteiger partial charge in [-0.15, -0.1) is 0 Å². The number of ether oxygens (including phenoxy) is 2. The second-order valence-electron chi connectivity index (χ2n) is 7.16. The van der Waals surface area contributed by atoms with E-state index in [0.717, 1.165) is 11.1 Å². The second kappa shape index (κ2) is 11.8. The fourth-order valence-electron chi connectivity index (χ4n) is 3.14. The molecule has 7 nitrogen and oxygen atoms in total. The molecule has 0 saturated heterocycles. The number of nitrogens with two attached hydrogens (primary N) is 1. The van der Waals surface area contributed by atoms with Crippen LogP contribution in [0.1, 0.15) is 18.1 Å². The summed E-state index contributed by atoms with van der Waals surface area (Å²) in [5.41, 5.74) is 7.40. The Kier molecular flexibility index (Phi) is 9.12. The predicted octanol–water partition coefficient (Wildman–Crippen LogP) is 2.58. The van der Waals surface area contributed by atoms with Crippen molar-refractivity contribution < 1.29 is 18.7 Å². The van der Waals surface area contributed by atoms with Gasteiger partial charge in [-0.25, -0.2) is 4.39 Å². The smallest absolute Gasteiger partial charge is 0.222 e. The Morgan fingerprint density at radius 3 is 2.48 bits per heavy atom. The minimum absolute atomic E-state index is 0.221. The Balaban J connectivity index is 2.14. The number of primary amides is 1. The predicted molar refractivity (Wildman–Crippen MR) is 120 cm³/mol. The number of methoxy groups -OCH3 is 2. The highest BCUT2D eigenvalue weighted by molar-refractivity contribution is 5.81. The van der Waals surface area contributed by atoms with Crippen molar-refractivity contribution in [3.8, 4) is 11.5 Å². The van der Waals surface area contributed by atoms with Gasteiger partial charge in [0.2, 0.25) is 5.91 Å². The number of hydrogen-bond acceptors (Lipinski definition) is 4. The highest BCUT2D eigenvalue weighted by Crippen LogP contribution is 2.25. The minimum atomic E-state index is -0.497. The summed E-state index contributed by atoms with van der Waals surface area (Å²) in [6.45, 7) is 3.40. The lowest BCUT2D eigenvalue weighted by Crippen LogP contribution is -2.39. The van der Waals surface area contributed by atoms with Crippen molar-refractivity contribution >= 4 is 11.9 Å². The summed E-state index contributed by atoms with van der Waals surface area (Å²) in [7, 11) is 5.13. The van der Waals surface area contributed by atoms with Gasteiger partial charge in [-0.2, -0.15) is 0 Å². The Labute approximate surface area is 183 Å². The fourth-order valence-corrected chi connectivity index (χ4v) is 3.14. The molecule has 1 unspecified atom stereocenters. The van der Waals surface area contributed by atoms with E-state index in [1.165, 1.54) is 12.1 Å². The van der Waals surface area contributed by atoms with Gasteiger partial charge in [0.15, 0.2) is 5.96 Å². The van der Waals surface area contributed by atoms with Crippen molar-refractivity contribution in [3.05, 3.63) is 59.4 Å². The van der Waals surface area contributed by atoms with E-state index in [1.54, 1.807) is 26.4 Å². The first-order valence-electron chi connectivity index (χ1n) is 10.1. The molecule has 0 aliphatic carbocycles. The van der Waals surface area contributed by atoms with Crippen LogP contribution in [0.5, 0.6) is 11.5 Å². The van der Waals surface area contributed by atoms with Crippen molar-refractivity contribution in [2.45, 2.75) is 19.9 Å². The van der Waals surface area contributed by atoms with Gasteiger partial charge < -0.3 is 25.4 Å². The molecule has 2 aromatic rings. The van der Waals surface area contributed by atoms with E-state index in [1.807, 2.05) is 37.1 Å². The van der Waals surface area contributed by atoms with Crippen LogP contribution in [0.4, 0.5) is 4.39 Å². The molecule has 8 heteroatoms. The zero-order valence-electron chi connectivity index (χ0n) is 18.5. The summed E-state index contributed by atoms with van der Waals surface area (Å²) in [5.74, 6) is 0.821. The lowest BCUT2D eigenvalue weighted by atomic mass is 9.99. The van der Waals surface area contributed by atoms with E-state index in [9.17, 15) is 9.18 Å². The molecule has 0 spiro atoms. The number of carbonyl (C=O) groups is 1. The third-order valence-electron chi connectivity index (χ3n) is 4.86. The van der Waals surface area contributed by atoms with Gasteiger partial charge in [0.05, 0.1) is 26.7 Å². The fraction of sp³-hybridized carbons (Fsp3) is 0.391. The lowest BCUT2D eigenvalue weighted by Gasteiger charge is -2.24. The van der Waals surface area contributed by atoms with Gasteiger partial charge in [-0.1, -0.05) is 12.1 Å². The Hall–Kier alpha value is -3.29. The largest absolute Gasteiger partial charge is 0.497 e. The van der Waals surface area contributed by atoms with Gasteiger partial charge in [0.1, 0.15) is 17.3 Å². The highest BCUT2D eigenvalue weighted by Gasteiger charge is 2.18. The number of nitrogens with zero attached hydrogens (tertiary/aromatic N) is 2. The van der Waals surface area contributed by atoms with Crippen molar-refractivity contribution in [1.29, 1.82) is 0 Å². The van der Waals surface area contributed by atoms with Crippen LogP contribution in [0.15, 0.2) is 47.5 Å². The van der Waals surface area contributed by atoms with E-state index in [0.29, 0.717) is 37.0 Å². The van der Waals surface area contributed by atoms with Crippen LogP contribution in [0.25, 0.3) is 0 Å². The summed E-state index contributed by atoms with van der Waals surface area (Å²) >= 11 is 0. The van der Waals surface area contributed by atoms with Crippen LogP contribution in [-0.4, -0.2) is 51.1 Å². The number of nitrogens with one attached hydrogen (secondary N) is 1. The van der Waals surface area contributed by atoms with E-state index in [-0.39, 0.29) is 12.4 Å². The van der Waals surface area contributed by atoms with Gasteiger partial charge in [-0.05, 0) is 43.2 Å². The second-order valence-corrected chi connectivity index (χ2v) is 7.16. The minimum Gasteiger partial charge on any atom is -0.497 e. The average Bonchev–Trinajstić information content (AvgIpc) is 2.76. The number of guanidine groups is 1. The SMILES string of the molecule is CCNC(=NCC(Cc1ccc(F)cc1)C(N)=O)N(C)Cc1ccc(OC)cc1OC. The molecule has 0 fully saturated rings. The molecule has 2 rings (SSSR count). The molecule has 0 bridgehead atoms. The molecular formula is C23H31FN4O3. The first-order valence-corrected chi connectivity index (χ1v) is 10.1. The van der Waals surface area contributed by atoms with Gasteiger partial charge in [-0.3, -0.25) is 9.79 Å². The number of carbonyl (C=O) groups excluding carboxylic acids is 1. The number of rotatable bonds is 10. The Morgan fingerprint density at radius 1 is 1.19 bits per heavy atom.